The molecule has 2 heteroatoms. The summed E-state index contributed by atoms with van der Waals surface area (Å²) in [5.74, 6) is 0. The van der Waals surface area contributed by atoms with Crippen molar-refractivity contribution in [1.29, 1.82) is 0 Å². The summed E-state index contributed by atoms with van der Waals surface area (Å²) in [6.07, 6.45) is 1.46. The van der Waals surface area contributed by atoms with Crippen LogP contribution in [0.3, 0.4) is 0 Å². The second kappa shape index (κ2) is 4.63. The van der Waals surface area contributed by atoms with Crippen molar-refractivity contribution in [3.63, 3.8) is 0 Å². The summed E-state index contributed by atoms with van der Waals surface area (Å²) < 4.78 is 0. The van der Waals surface area contributed by atoms with E-state index >= 15 is 0 Å². The Balaban J connectivity index is 2.63. The molecular weight excluding hydrogens is 194 g/mol. The summed E-state index contributed by atoms with van der Waals surface area (Å²) >= 11 is 5.75. The van der Waals surface area contributed by atoms with Gasteiger partial charge in [-0.05, 0) is 18.9 Å². The molecule has 1 aromatic carbocycles. The average molecular weight is 210 g/mol. The maximum Gasteiger partial charge on any atom is 0.0215 e. The van der Waals surface area contributed by atoms with E-state index in [1.807, 2.05) is 25.1 Å². The Morgan fingerprint density at radius 1 is 1.43 bits per heavy atom. The first-order valence-electron chi connectivity index (χ1n) is 4.66. The molecule has 0 bridgehead atoms. The van der Waals surface area contributed by atoms with Gasteiger partial charge in [0.1, 0.15) is 0 Å². The lowest BCUT2D eigenvalue weighted by molar-refractivity contribution is 0.469. The zero-order valence-corrected chi connectivity index (χ0v) is 9.22. The highest BCUT2D eigenvalue weighted by molar-refractivity contribution is 6.29. The van der Waals surface area contributed by atoms with Crippen LogP contribution in [-0.4, -0.2) is 5.54 Å². The lowest BCUT2D eigenvalue weighted by atomic mass is 9.91. The van der Waals surface area contributed by atoms with E-state index in [0.29, 0.717) is 11.5 Å². The van der Waals surface area contributed by atoms with Crippen LogP contribution in [0.5, 0.6) is 0 Å². The lowest BCUT2D eigenvalue weighted by Crippen LogP contribution is -2.38. The van der Waals surface area contributed by atoms with Crippen molar-refractivity contribution < 1.29 is 0 Å². The third-order valence-corrected chi connectivity index (χ3v) is 2.18. The molecule has 1 atom stereocenters. The normalized spacial score (nSPS) is 14.8. The molecule has 76 valence electrons. The molecule has 0 spiro atoms. The van der Waals surface area contributed by atoms with E-state index in [0.717, 1.165) is 6.42 Å². The first-order chi connectivity index (χ1) is 6.49. The van der Waals surface area contributed by atoms with E-state index in [2.05, 4.69) is 18.7 Å². The highest BCUT2D eigenvalue weighted by Crippen LogP contribution is 2.19. The minimum Gasteiger partial charge on any atom is -0.325 e. The fourth-order valence-corrected chi connectivity index (χ4v) is 1.87. The zero-order chi connectivity index (χ0) is 10.6. The van der Waals surface area contributed by atoms with Crippen LogP contribution in [0.4, 0.5) is 0 Å². The highest BCUT2D eigenvalue weighted by atomic mass is 35.5. The van der Waals surface area contributed by atoms with Gasteiger partial charge in [0.2, 0.25) is 0 Å². The van der Waals surface area contributed by atoms with E-state index in [9.17, 15) is 0 Å². The summed E-state index contributed by atoms with van der Waals surface area (Å²) in [5, 5.41) is 0.617. The van der Waals surface area contributed by atoms with Crippen LogP contribution in [0.25, 0.3) is 0 Å². The van der Waals surface area contributed by atoms with E-state index < -0.39 is 0 Å². The van der Waals surface area contributed by atoms with Crippen LogP contribution in [0.2, 0.25) is 0 Å². The molecule has 0 aromatic heterocycles. The van der Waals surface area contributed by atoms with Crippen molar-refractivity contribution in [2.75, 3.05) is 0 Å². The molecule has 0 amide bonds. The standard InChI is InChI=1S/C12H16ClN/c1-10(13)8-12(2,14)9-11-6-4-3-5-7-11/h3-7H,1,8-9,14H2,2H3/t12-/m1/s1. The SMILES string of the molecule is C=C(Cl)C[C@@](C)(N)Cc1ccccc1. The van der Waals surface area contributed by atoms with Crippen LogP contribution in [-0.2, 0) is 6.42 Å². The minimum absolute atomic E-state index is 0.305. The summed E-state index contributed by atoms with van der Waals surface area (Å²) in [6, 6.07) is 10.2. The predicted molar refractivity (Wildman–Crippen MR) is 62.3 cm³/mol. The molecule has 1 aromatic rings. The molecule has 0 unspecified atom stereocenters. The van der Waals surface area contributed by atoms with Gasteiger partial charge in [-0.15, -0.1) is 0 Å². The molecule has 0 saturated heterocycles. The van der Waals surface area contributed by atoms with Gasteiger partial charge in [-0.2, -0.15) is 0 Å². The second-order valence-corrected chi connectivity index (χ2v) is 4.54. The van der Waals surface area contributed by atoms with Crippen LogP contribution in [0.1, 0.15) is 18.9 Å². The van der Waals surface area contributed by atoms with Gasteiger partial charge in [0.15, 0.2) is 0 Å². The monoisotopic (exact) mass is 209 g/mol. The molecule has 0 heterocycles. The Morgan fingerprint density at radius 2 is 2.00 bits per heavy atom. The topological polar surface area (TPSA) is 26.0 Å². The van der Waals surface area contributed by atoms with Crippen LogP contribution in [0.15, 0.2) is 41.9 Å². The molecule has 1 rings (SSSR count). The fourth-order valence-electron chi connectivity index (χ4n) is 1.56. The maximum absolute atomic E-state index is 6.10. The van der Waals surface area contributed by atoms with Gasteiger partial charge in [-0.1, -0.05) is 48.5 Å². The number of benzene rings is 1. The van der Waals surface area contributed by atoms with Crippen molar-refractivity contribution in [3.8, 4) is 0 Å². The zero-order valence-electron chi connectivity index (χ0n) is 8.46. The van der Waals surface area contributed by atoms with Gasteiger partial charge in [-0.25, -0.2) is 0 Å². The molecule has 2 N–H and O–H groups in total. The second-order valence-electron chi connectivity index (χ2n) is 4.01. The van der Waals surface area contributed by atoms with Crippen molar-refractivity contribution >= 4 is 11.6 Å². The summed E-state index contributed by atoms with van der Waals surface area (Å²) in [5.41, 5.74) is 7.03. The first-order valence-corrected chi connectivity index (χ1v) is 5.03. The van der Waals surface area contributed by atoms with Crippen molar-refractivity contribution in [2.24, 2.45) is 5.73 Å². The Morgan fingerprint density at radius 3 is 2.50 bits per heavy atom. The number of rotatable bonds is 4. The van der Waals surface area contributed by atoms with Crippen molar-refractivity contribution in [1.82, 2.24) is 0 Å². The summed E-state index contributed by atoms with van der Waals surface area (Å²) in [6.45, 7) is 5.66. The molecule has 14 heavy (non-hydrogen) atoms. The Bertz CT molecular complexity index is 303. The fraction of sp³-hybridized carbons (Fsp3) is 0.333. The Labute approximate surface area is 90.6 Å². The summed E-state index contributed by atoms with van der Waals surface area (Å²) in [7, 11) is 0. The van der Waals surface area contributed by atoms with Gasteiger partial charge in [0, 0.05) is 17.0 Å². The third kappa shape index (κ3) is 3.95. The van der Waals surface area contributed by atoms with Gasteiger partial charge in [-0.3, -0.25) is 0 Å². The number of nitrogens with two attached hydrogens (primary N) is 1. The maximum atomic E-state index is 6.10. The smallest absolute Gasteiger partial charge is 0.0215 e. The number of hydrogen-bond acceptors (Lipinski definition) is 1. The molecular formula is C12H16ClN. The molecule has 1 nitrogen and oxygen atoms in total. The molecule has 0 fully saturated rings. The molecule has 0 aliphatic rings. The van der Waals surface area contributed by atoms with Crippen LogP contribution >= 0.6 is 11.6 Å². The van der Waals surface area contributed by atoms with E-state index in [4.69, 9.17) is 17.3 Å². The highest BCUT2D eigenvalue weighted by Gasteiger charge is 2.19. The van der Waals surface area contributed by atoms with E-state index in [1.54, 1.807) is 0 Å². The lowest BCUT2D eigenvalue weighted by Gasteiger charge is -2.24. The molecule has 0 saturated carbocycles. The summed E-state index contributed by atoms with van der Waals surface area (Å²) in [4.78, 5) is 0. The average Bonchev–Trinajstić information content (AvgIpc) is 2.02. The molecule has 0 radical (unpaired) electrons. The predicted octanol–water partition coefficient (Wildman–Crippen LogP) is 3.09. The van der Waals surface area contributed by atoms with Gasteiger partial charge < -0.3 is 5.73 Å². The van der Waals surface area contributed by atoms with Gasteiger partial charge in [0.05, 0.1) is 0 Å². The van der Waals surface area contributed by atoms with Crippen molar-refractivity contribution in [2.45, 2.75) is 25.3 Å². The van der Waals surface area contributed by atoms with Crippen LogP contribution < -0.4 is 5.73 Å². The molecule has 0 aliphatic carbocycles. The third-order valence-electron chi connectivity index (χ3n) is 2.05. The first kappa shape index (κ1) is 11.3. The van der Waals surface area contributed by atoms with Crippen molar-refractivity contribution in [3.05, 3.63) is 47.5 Å². The quantitative estimate of drug-likeness (QED) is 0.811. The van der Waals surface area contributed by atoms with Crippen LogP contribution in [0, 0.1) is 0 Å². The Kier molecular flexibility index (Phi) is 3.73. The Hall–Kier alpha value is -0.790. The van der Waals surface area contributed by atoms with Gasteiger partial charge in [0.25, 0.3) is 0 Å². The van der Waals surface area contributed by atoms with Gasteiger partial charge >= 0.3 is 0 Å². The van der Waals surface area contributed by atoms with E-state index in [1.165, 1.54) is 5.56 Å². The number of hydrogen-bond donors (Lipinski definition) is 1. The minimum atomic E-state index is -0.305. The number of halogens is 1. The van der Waals surface area contributed by atoms with E-state index in [-0.39, 0.29) is 5.54 Å². The largest absolute Gasteiger partial charge is 0.325 e. The molecule has 0 aliphatic heterocycles.